The molecule has 2 aromatic rings. The molecule has 2 aromatic carbocycles. The molecular weight excluding hydrogens is 350 g/mol. The van der Waals surface area contributed by atoms with Gasteiger partial charge in [-0.05, 0) is 43.2 Å². The van der Waals surface area contributed by atoms with Crippen molar-refractivity contribution in [3.63, 3.8) is 0 Å². The van der Waals surface area contributed by atoms with Crippen molar-refractivity contribution in [1.29, 1.82) is 0 Å². The number of aryl methyl sites for hydroxylation is 2. The normalized spacial score (nSPS) is 11.2. The average molecular weight is 368 g/mol. The first-order chi connectivity index (χ1) is 11.6. The summed E-state index contributed by atoms with van der Waals surface area (Å²) < 4.78 is 51.5. The predicted molar refractivity (Wildman–Crippen MR) is 93.1 cm³/mol. The van der Waals surface area contributed by atoms with Gasteiger partial charge in [-0.1, -0.05) is 12.1 Å². The van der Waals surface area contributed by atoms with E-state index in [1.54, 1.807) is 13.0 Å². The Hall–Kier alpha value is -2.48. The number of anilines is 2. The second-order valence-corrected chi connectivity index (χ2v) is 7.64. The molecule has 134 valence electrons. The molecule has 8 heteroatoms. The molecule has 0 aromatic heterocycles. The van der Waals surface area contributed by atoms with Crippen molar-refractivity contribution in [3.8, 4) is 0 Å². The third kappa shape index (κ3) is 4.76. The van der Waals surface area contributed by atoms with Gasteiger partial charge in [0.2, 0.25) is 15.9 Å². The van der Waals surface area contributed by atoms with Gasteiger partial charge in [-0.25, -0.2) is 17.2 Å². The fourth-order valence-electron chi connectivity index (χ4n) is 2.26. The van der Waals surface area contributed by atoms with E-state index in [2.05, 4.69) is 5.32 Å². The van der Waals surface area contributed by atoms with Crippen molar-refractivity contribution in [2.24, 2.45) is 0 Å². The molecule has 5 nitrogen and oxygen atoms in total. The van der Waals surface area contributed by atoms with Gasteiger partial charge in [0.05, 0.1) is 11.9 Å². The third-order valence-electron chi connectivity index (χ3n) is 3.53. The maximum atomic E-state index is 13.9. The van der Waals surface area contributed by atoms with Crippen LogP contribution in [0.3, 0.4) is 0 Å². The minimum absolute atomic E-state index is 0.389. The summed E-state index contributed by atoms with van der Waals surface area (Å²) in [7, 11) is -3.95. The van der Waals surface area contributed by atoms with Crippen LogP contribution < -0.4 is 9.62 Å². The molecule has 0 fully saturated rings. The molecule has 0 aliphatic heterocycles. The molecule has 2 rings (SSSR count). The van der Waals surface area contributed by atoms with Gasteiger partial charge in [0.1, 0.15) is 18.2 Å². The monoisotopic (exact) mass is 368 g/mol. The Morgan fingerprint density at radius 3 is 2.40 bits per heavy atom. The van der Waals surface area contributed by atoms with Gasteiger partial charge < -0.3 is 5.32 Å². The zero-order valence-electron chi connectivity index (χ0n) is 14.0. The Labute approximate surface area is 145 Å². The molecule has 0 saturated heterocycles. The Kier molecular flexibility index (Phi) is 5.42. The number of hydrogen-bond acceptors (Lipinski definition) is 3. The molecule has 25 heavy (non-hydrogen) atoms. The fraction of sp³-hybridized carbons (Fsp3) is 0.235. The number of halogens is 2. The molecule has 0 radical (unpaired) electrons. The van der Waals surface area contributed by atoms with Gasteiger partial charge in [0.15, 0.2) is 0 Å². The molecule has 1 amide bonds. The molecular formula is C17H18F2N2O3S. The lowest BCUT2D eigenvalue weighted by atomic mass is 10.1. The molecule has 0 atom stereocenters. The van der Waals surface area contributed by atoms with E-state index in [-0.39, 0.29) is 5.69 Å². The van der Waals surface area contributed by atoms with E-state index in [9.17, 15) is 22.0 Å². The van der Waals surface area contributed by atoms with E-state index >= 15 is 0 Å². The SMILES string of the molecule is Cc1ccc(C)c(NC(=O)CN(c2ccc(F)cc2F)S(C)(=O)=O)c1. The van der Waals surface area contributed by atoms with E-state index < -0.39 is 34.1 Å². The topological polar surface area (TPSA) is 66.5 Å². The number of carbonyl (C=O) groups is 1. The highest BCUT2D eigenvalue weighted by atomic mass is 32.2. The Bertz CT molecular complexity index is 914. The zero-order chi connectivity index (χ0) is 18.8. The smallest absolute Gasteiger partial charge is 0.245 e. The van der Waals surface area contributed by atoms with Crippen molar-refractivity contribution in [2.45, 2.75) is 13.8 Å². The van der Waals surface area contributed by atoms with Crippen LogP contribution >= 0.6 is 0 Å². The maximum Gasteiger partial charge on any atom is 0.245 e. The predicted octanol–water partition coefficient (Wildman–Crippen LogP) is 2.99. The Morgan fingerprint density at radius 1 is 1.12 bits per heavy atom. The van der Waals surface area contributed by atoms with Crippen LogP contribution in [0.15, 0.2) is 36.4 Å². The van der Waals surface area contributed by atoms with Crippen LogP contribution in [0.1, 0.15) is 11.1 Å². The average Bonchev–Trinajstić information content (AvgIpc) is 2.48. The molecule has 0 saturated carbocycles. The zero-order valence-corrected chi connectivity index (χ0v) is 14.8. The van der Waals surface area contributed by atoms with Crippen LogP contribution in [-0.2, 0) is 14.8 Å². The van der Waals surface area contributed by atoms with E-state index in [1.165, 1.54) is 0 Å². The van der Waals surface area contributed by atoms with Gasteiger partial charge in [0, 0.05) is 11.8 Å². The number of benzene rings is 2. The summed E-state index contributed by atoms with van der Waals surface area (Å²) in [5.74, 6) is -2.54. The van der Waals surface area contributed by atoms with Crippen LogP contribution in [0.25, 0.3) is 0 Å². The van der Waals surface area contributed by atoms with Crippen molar-refractivity contribution in [3.05, 3.63) is 59.2 Å². The molecule has 0 aliphatic rings. The third-order valence-corrected chi connectivity index (χ3v) is 4.66. The minimum atomic E-state index is -3.95. The summed E-state index contributed by atoms with van der Waals surface area (Å²) in [5, 5.41) is 2.61. The van der Waals surface area contributed by atoms with Gasteiger partial charge in [-0.15, -0.1) is 0 Å². The fourth-order valence-corrected chi connectivity index (χ4v) is 3.11. The minimum Gasteiger partial charge on any atom is -0.324 e. The van der Waals surface area contributed by atoms with Crippen LogP contribution in [0.4, 0.5) is 20.2 Å². The number of nitrogens with one attached hydrogen (secondary N) is 1. The van der Waals surface area contributed by atoms with E-state index in [1.807, 2.05) is 19.1 Å². The van der Waals surface area contributed by atoms with Crippen LogP contribution in [-0.4, -0.2) is 27.1 Å². The summed E-state index contributed by atoms with van der Waals surface area (Å²) in [6, 6.07) is 7.92. The molecule has 0 heterocycles. The highest BCUT2D eigenvalue weighted by molar-refractivity contribution is 7.92. The van der Waals surface area contributed by atoms with E-state index in [0.29, 0.717) is 16.1 Å². The highest BCUT2D eigenvalue weighted by Gasteiger charge is 2.24. The van der Waals surface area contributed by atoms with Gasteiger partial charge in [0.25, 0.3) is 0 Å². The molecule has 0 spiro atoms. The largest absolute Gasteiger partial charge is 0.324 e. The quantitative estimate of drug-likeness (QED) is 0.882. The summed E-state index contributed by atoms with van der Waals surface area (Å²) in [6.07, 6.45) is 0.848. The first-order valence-electron chi connectivity index (χ1n) is 7.38. The standard InChI is InChI=1S/C17H18F2N2O3S/c1-11-4-5-12(2)15(8-11)20-17(22)10-21(25(3,23)24)16-7-6-13(18)9-14(16)19/h4-9H,10H2,1-3H3,(H,20,22). The first kappa shape index (κ1) is 18.9. The number of nitrogens with zero attached hydrogens (tertiary/aromatic N) is 1. The summed E-state index contributed by atoms with van der Waals surface area (Å²) in [4.78, 5) is 12.3. The molecule has 0 unspecified atom stereocenters. The van der Waals surface area contributed by atoms with E-state index in [0.717, 1.165) is 29.5 Å². The van der Waals surface area contributed by atoms with Crippen molar-refractivity contribution >= 4 is 27.3 Å². The van der Waals surface area contributed by atoms with Crippen LogP contribution in [0.5, 0.6) is 0 Å². The van der Waals surface area contributed by atoms with Crippen LogP contribution in [0, 0.1) is 25.5 Å². The lowest BCUT2D eigenvalue weighted by Crippen LogP contribution is -2.38. The van der Waals surface area contributed by atoms with Gasteiger partial charge in [-0.3, -0.25) is 9.10 Å². The van der Waals surface area contributed by atoms with E-state index in [4.69, 9.17) is 0 Å². The van der Waals surface area contributed by atoms with Crippen molar-refractivity contribution < 1.29 is 22.0 Å². The molecule has 0 aliphatic carbocycles. The highest BCUT2D eigenvalue weighted by Crippen LogP contribution is 2.23. The number of rotatable bonds is 5. The van der Waals surface area contributed by atoms with Crippen LogP contribution in [0.2, 0.25) is 0 Å². The summed E-state index contributed by atoms with van der Waals surface area (Å²) >= 11 is 0. The lowest BCUT2D eigenvalue weighted by Gasteiger charge is -2.22. The second kappa shape index (κ2) is 7.18. The molecule has 0 bridgehead atoms. The van der Waals surface area contributed by atoms with Gasteiger partial charge in [-0.2, -0.15) is 0 Å². The maximum absolute atomic E-state index is 13.9. The summed E-state index contributed by atoms with van der Waals surface area (Å²) in [6.45, 7) is 3.02. The summed E-state index contributed by atoms with van der Waals surface area (Å²) in [5.41, 5.74) is 1.88. The number of sulfonamides is 1. The van der Waals surface area contributed by atoms with Gasteiger partial charge >= 0.3 is 0 Å². The number of hydrogen-bond donors (Lipinski definition) is 1. The Morgan fingerprint density at radius 2 is 1.80 bits per heavy atom. The Balaban J connectivity index is 2.28. The number of amides is 1. The van der Waals surface area contributed by atoms with Crippen molar-refractivity contribution in [1.82, 2.24) is 0 Å². The molecule has 1 N–H and O–H groups in total. The first-order valence-corrected chi connectivity index (χ1v) is 9.22. The van der Waals surface area contributed by atoms with Crippen molar-refractivity contribution in [2.75, 3.05) is 22.4 Å². The number of carbonyl (C=O) groups excluding carboxylic acids is 1. The lowest BCUT2D eigenvalue weighted by molar-refractivity contribution is -0.114. The second-order valence-electron chi connectivity index (χ2n) is 5.73.